The van der Waals surface area contributed by atoms with Gasteiger partial charge in [-0.25, -0.2) is 4.79 Å². The van der Waals surface area contributed by atoms with E-state index in [1.54, 1.807) is 24.2 Å². The SMILES string of the molecule is COCCn1cc(NC(=O)NCC2CN3CCN2CC3)cn1. The van der Waals surface area contributed by atoms with Crippen molar-refractivity contribution in [3.8, 4) is 0 Å². The van der Waals surface area contributed by atoms with E-state index in [9.17, 15) is 4.79 Å². The van der Waals surface area contributed by atoms with Crippen molar-refractivity contribution in [3.63, 3.8) is 0 Å². The van der Waals surface area contributed by atoms with Crippen molar-refractivity contribution in [3.05, 3.63) is 12.4 Å². The number of anilines is 1. The molecule has 4 heterocycles. The minimum atomic E-state index is -0.177. The first-order chi connectivity index (χ1) is 10.7. The number of aromatic nitrogens is 2. The summed E-state index contributed by atoms with van der Waals surface area (Å²) in [6, 6.07) is 0.251. The normalized spacial score (nSPS) is 26.9. The monoisotopic (exact) mass is 308 g/mol. The van der Waals surface area contributed by atoms with E-state index in [0.717, 1.165) is 32.7 Å². The molecule has 22 heavy (non-hydrogen) atoms. The number of urea groups is 1. The van der Waals surface area contributed by atoms with E-state index >= 15 is 0 Å². The first-order valence-corrected chi connectivity index (χ1v) is 7.77. The number of rotatable bonds is 6. The van der Waals surface area contributed by atoms with E-state index in [0.29, 0.717) is 31.4 Å². The predicted molar refractivity (Wildman–Crippen MR) is 82.9 cm³/mol. The molecule has 0 spiro atoms. The summed E-state index contributed by atoms with van der Waals surface area (Å²) < 4.78 is 6.75. The Morgan fingerprint density at radius 2 is 2.23 bits per heavy atom. The van der Waals surface area contributed by atoms with Gasteiger partial charge < -0.3 is 15.4 Å². The number of amides is 2. The van der Waals surface area contributed by atoms with Crippen LogP contribution in [-0.4, -0.2) is 84.6 Å². The van der Waals surface area contributed by atoms with Crippen LogP contribution in [0.25, 0.3) is 0 Å². The minimum Gasteiger partial charge on any atom is -0.383 e. The molecule has 3 aliphatic rings. The fraction of sp³-hybridized carbons (Fsp3) is 0.714. The number of nitrogens with one attached hydrogen (secondary N) is 2. The molecule has 3 saturated heterocycles. The Hall–Kier alpha value is -1.64. The molecule has 1 atom stereocenters. The lowest BCUT2D eigenvalue weighted by Gasteiger charge is -2.47. The molecule has 8 heteroatoms. The topological polar surface area (TPSA) is 74.7 Å². The van der Waals surface area contributed by atoms with Gasteiger partial charge in [-0.1, -0.05) is 0 Å². The Labute approximate surface area is 130 Å². The summed E-state index contributed by atoms with van der Waals surface area (Å²) in [5, 5.41) is 9.94. The molecule has 0 aromatic carbocycles. The second-order valence-corrected chi connectivity index (χ2v) is 5.81. The van der Waals surface area contributed by atoms with Gasteiger partial charge in [-0.2, -0.15) is 5.10 Å². The van der Waals surface area contributed by atoms with Gasteiger partial charge in [0.1, 0.15) is 0 Å². The van der Waals surface area contributed by atoms with Crippen LogP contribution in [-0.2, 0) is 11.3 Å². The average molecular weight is 308 g/mol. The van der Waals surface area contributed by atoms with E-state index in [1.165, 1.54) is 0 Å². The van der Waals surface area contributed by atoms with Crippen LogP contribution in [0.5, 0.6) is 0 Å². The van der Waals surface area contributed by atoms with E-state index in [1.807, 2.05) is 0 Å². The highest BCUT2D eigenvalue weighted by atomic mass is 16.5. The van der Waals surface area contributed by atoms with E-state index in [4.69, 9.17) is 4.74 Å². The summed E-state index contributed by atoms with van der Waals surface area (Å²) in [7, 11) is 1.65. The van der Waals surface area contributed by atoms with Crippen LogP contribution in [0.15, 0.2) is 12.4 Å². The zero-order chi connectivity index (χ0) is 15.4. The molecule has 2 N–H and O–H groups in total. The quantitative estimate of drug-likeness (QED) is 0.751. The lowest BCUT2D eigenvalue weighted by Crippen LogP contribution is -2.63. The Balaban J connectivity index is 1.41. The number of carbonyl (C=O) groups excluding carboxylic acids is 1. The van der Waals surface area contributed by atoms with Gasteiger partial charge in [0.05, 0.1) is 25.0 Å². The number of carbonyl (C=O) groups is 1. The van der Waals surface area contributed by atoms with Gasteiger partial charge in [0.2, 0.25) is 0 Å². The number of methoxy groups -OCH3 is 1. The van der Waals surface area contributed by atoms with Crippen LogP contribution in [0.4, 0.5) is 10.5 Å². The van der Waals surface area contributed by atoms with Crippen molar-refractivity contribution in [1.82, 2.24) is 24.9 Å². The zero-order valence-electron chi connectivity index (χ0n) is 13.0. The number of piperazine rings is 3. The van der Waals surface area contributed by atoms with Crippen molar-refractivity contribution < 1.29 is 9.53 Å². The van der Waals surface area contributed by atoms with Gasteiger partial charge in [0.15, 0.2) is 0 Å². The molecule has 0 saturated carbocycles. The molecular weight excluding hydrogens is 284 g/mol. The maximum absolute atomic E-state index is 12.0. The van der Waals surface area contributed by atoms with Crippen LogP contribution in [0.1, 0.15) is 0 Å². The fourth-order valence-corrected chi connectivity index (χ4v) is 3.04. The summed E-state index contributed by atoms with van der Waals surface area (Å²) in [5.74, 6) is 0. The Morgan fingerprint density at radius 3 is 2.91 bits per heavy atom. The first kappa shape index (κ1) is 15.3. The zero-order valence-corrected chi connectivity index (χ0v) is 13.0. The number of hydrogen-bond acceptors (Lipinski definition) is 5. The van der Waals surface area contributed by atoms with E-state index in [2.05, 4.69) is 25.5 Å². The van der Waals surface area contributed by atoms with Crippen molar-refractivity contribution >= 4 is 11.7 Å². The van der Waals surface area contributed by atoms with Crippen LogP contribution >= 0.6 is 0 Å². The highest BCUT2D eigenvalue weighted by molar-refractivity contribution is 5.88. The second-order valence-electron chi connectivity index (χ2n) is 5.81. The number of hydrogen-bond donors (Lipinski definition) is 2. The average Bonchev–Trinajstić information content (AvgIpc) is 2.99. The van der Waals surface area contributed by atoms with Crippen molar-refractivity contribution in [1.29, 1.82) is 0 Å². The third kappa shape index (κ3) is 3.76. The lowest BCUT2D eigenvalue weighted by atomic mass is 10.1. The smallest absolute Gasteiger partial charge is 0.319 e. The maximum Gasteiger partial charge on any atom is 0.319 e. The van der Waals surface area contributed by atoms with Gasteiger partial charge in [0.25, 0.3) is 0 Å². The van der Waals surface area contributed by atoms with Gasteiger partial charge in [-0.15, -0.1) is 0 Å². The number of nitrogens with zero attached hydrogens (tertiary/aromatic N) is 4. The third-order valence-corrected chi connectivity index (χ3v) is 4.31. The second kappa shape index (κ2) is 7.08. The summed E-state index contributed by atoms with van der Waals surface area (Å²) in [6.45, 7) is 7.54. The Bertz CT molecular complexity index is 497. The highest BCUT2D eigenvalue weighted by Gasteiger charge is 2.31. The molecule has 3 fully saturated rings. The molecule has 8 nitrogen and oxygen atoms in total. The molecule has 0 aliphatic carbocycles. The van der Waals surface area contributed by atoms with Gasteiger partial charge in [-0.3, -0.25) is 14.5 Å². The maximum atomic E-state index is 12.0. The first-order valence-electron chi connectivity index (χ1n) is 7.77. The summed E-state index contributed by atoms with van der Waals surface area (Å²) in [6.07, 6.45) is 3.45. The molecule has 1 aromatic heterocycles. The van der Waals surface area contributed by atoms with Crippen LogP contribution in [0.2, 0.25) is 0 Å². The number of ether oxygens (including phenoxy) is 1. The molecular formula is C14H24N6O2. The molecule has 1 aromatic rings. The van der Waals surface area contributed by atoms with E-state index in [-0.39, 0.29) is 6.03 Å². The molecule has 2 bridgehead atoms. The molecule has 1 unspecified atom stereocenters. The Morgan fingerprint density at radius 1 is 1.41 bits per heavy atom. The minimum absolute atomic E-state index is 0.177. The molecule has 122 valence electrons. The molecule has 0 radical (unpaired) electrons. The third-order valence-electron chi connectivity index (χ3n) is 4.31. The number of fused-ring (bicyclic) bond motifs is 3. The van der Waals surface area contributed by atoms with Crippen LogP contribution in [0.3, 0.4) is 0 Å². The Kier molecular flexibility index (Phi) is 4.91. The standard InChI is InChI=1S/C14H24N6O2/c1-22-7-6-20-10-12(8-16-20)17-14(21)15-9-13-11-18-2-4-19(13)5-3-18/h8,10,13H,2-7,9,11H2,1H3,(H2,15,17,21). The van der Waals surface area contributed by atoms with Gasteiger partial charge in [0, 0.05) is 58.6 Å². The van der Waals surface area contributed by atoms with Crippen LogP contribution < -0.4 is 10.6 Å². The summed E-state index contributed by atoms with van der Waals surface area (Å²) in [5.41, 5.74) is 0.697. The fourth-order valence-electron chi connectivity index (χ4n) is 3.04. The summed E-state index contributed by atoms with van der Waals surface area (Å²) in [4.78, 5) is 16.9. The molecule has 3 aliphatic heterocycles. The van der Waals surface area contributed by atoms with Gasteiger partial charge >= 0.3 is 6.03 Å². The van der Waals surface area contributed by atoms with Crippen molar-refractivity contribution in [2.75, 3.05) is 58.3 Å². The predicted octanol–water partition coefficient (Wildman–Crippen LogP) is -0.349. The molecule has 4 rings (SSSR count). The van der Waals surface area contributed by atoms with Crippen molar-refractivity contribution in [2.24, 2.45) is 0 Å². The summed E-state index contributed by atoms with van der Waals surface area (Å²) >= 11 is 0. The van der Waals surface area contributed by atoms with Gasteiger partial charge in [-0.05, 0) is 0 Å². The molecule has 2 amide bonds. The van der Waals surface area contributed by atoms with E-state index < -0.39 is 0 Å². The largest absolute Gasteiger partial charge is 0.383 e. The van der Waals surface area contributed by atoms with Crippen LogP contribution in [0, 0.1) is 0 Å². The highest BCUT2D eigenvalue weighted by Crippen LogP contribution is 2.14. The van der Waals surface area contributed by atoms with Crippen molar-refractivity contribution in [2.45, 2.75) is 12.6 Å². The lowest BCUT2D eigenvalue weighted by molar-refractivity contribution is 0.0149.